The van der Waals surface area contributed by atoms with Gasteiger partial charge in [0, 0.05) is 5.04 Å². The van der Waals surface area contributed by atoms with Crippen molar-refractivity contribution < 1.29 is 0 Å². The van der Waals surface area contributed by atoms with Gasteiger partial charge in [-0.15, -0.1) is 23.2 Å². The predicted molar refractivity (Wildman–Crippen MR) is 84.4 cm³/mol. The van der Waals surface area contributed by atoms with Crippen LogP contribution in [0.5, 0.6) is 0 Å². The predicted octanol–water partition coefficient (Wildman–Crippen LogP) is 5.55. The molecule has 1 aromatic carbocycles. The van der Waals surface area contributed by atoms with Crippen LogP contribution in [-0.4, -0.2) is 12.4 Å². The molecule has 100 valence electrons. The highest BCUT2D eigenvalue weighted by molar-refractivity contribution is 6.86. The Morgan fingerprint density at radius 2 is 1.44 bits per heavy atom. The SMILES string of the molecule is CC[Si](CC)(CC)C1(c2ccccc2)CC1(Cl)Cl. The molecule has 0 amide bonds. The molecular formula is C15H22Cl2Si. The quantitative estimate of drug-likeness (QED) is 0.494. The summed E-state index contributed by atoms with van der Waals surface area (Å²) < 4.78 is -0.539. The molecule has 1 aliphatic carbocycles. The summed E-state index contributed by atoms with van der Waals surface area (Å²) >= 11 is 13.2. The molecule has 1 aromatic rings. The van der Waals surface area contributed by atoms with E-state index in [9.17, 15) is 0 Å². The lowest BCUT2D eigenvalue weighted by Crippen LogP contribution is -2.49. The molecule has 0 spiro atoms. The van der Waals surface area contributed by atoms with E-state index in [4.69, 9.17) is 23.2 Å². The molecule has 1 fully saturated rings. The van der Waals surface area contributed by atoms with Gasteiger partial charge in [-0.05, 0) is 12.0 Å². The van der Waals surface area contributed by atoms with Gasteiger partial charge >= 0.3 is 0 Å². The van der Waals surface area contributed by atoms with Crippen molar-refractivity contribution in [3.63, 3.8) is 0 Å². The molecular weight excluding hydrogens is 279 g/mol. The maximum atomic E-state index is 6.62. The fourth-order valence-electron chi connectivity index (χ4n) is 3.86. The molecule has 3 heteroatoms. The maximum Gasteiger partial charge on any atom is 0.126 e. The van der Waals surface area contributed by atoms with Crippen molar-refractivity contribution in [2.75, 3.05) is 0 Å². The van der Waals surface area contributed by atoms with E-state index in [0.29, 0.717) is 0 Å². The lowest BCUT2D eigenvalue weighted by molar-refractivity contribution is 0.873. The van der Waals surface area contributed by atoms with E-state index in [0.717, 1.165) is 6.42 Å². The number of hydrogen-bond acceptors (Lipinski definition) is 0. The fraction of sp³-hybridized carbons (Fsp3) is 0.600. The summed E-state index contributed by atoms with van der Waals surface area (Å²) in [5, 5.41) is 0.0720. The standard InChI is InChI=1S/C15H22Cl2Si/c1-4-18(5-2,6-3)14(12-15(14,16)17)13-10-8-7-9-11-13/h7-11H,4-6,12H2,1-3H3. The van der Waals surface area contributed by atoms with Crippen molar-refractivity contribution in [3.05, 3.63) is 35.9 Å². The van der Waals surface area contributed by atoms with Crippen LogP contribution in [0.3, 0.4) is 0 Å². The number of benzene rings is 1. The molecule has 18 heavy (non-hydrogen) atoms. The van der Waals surface area contributed by atoms with Crippen molar-refractivity contribution >= 4 is 31.3 Å². The average Bonchev–Trinajstić information content (AvgIpc) is 2.98. The van der Waals surface area contributed by atoms with Crippen LogP contribution in [0.15, 0.2) is 30.3 Å². The summed E-state index contributed by atoms with van der Waals surface area (Å²) in [7, 11) is -1.47. The van der Waals surface area contributed by atoms with Crippen LogP contribution >= 0.6 is 23.2 Å². The zero-order valence-electron chi connectivity index (χ0n) is 11.5. The van der Waals surface area contributed by atoms with E-state index in [1.54, 1.807) is 0 Å². The highest BCUT2D eigenvalue weighted by Gasteiger charge is 2.74. The normalized spacial score (nSPS) is 26.1. The molecule has 0 nitrogen and oxygen atoms in total. The van der Waals surface area contributed by atoms with Crippen molar-refractivity contribution in [2.24, 2.45) is 0 Å². The van der Waals surface area contributed by atoms with Gasteiger partial charge in [-0.2, -0.15) is 0 Å². The first-order valence-electron chi connectivity index (χ1n) is 6.93. The number of alkyl halides is 2. The van der Waals surface area contributed by atoms with Crippen LogP contribution in [0.4, 0.5) is 0 Å². The Kier molecular flexibility index (Phi) is 3.88. The van der Waals surface area contributed by atoms with Gasteiger partial charge in [-0.3, -0.25) is 0 Å². The Labute approximate surface area is 122 Å². The average molecular weight is 301 g/mol. The number of rotatable bonds is 5. The van der Waals surface area contributed by atoms with Crippen LogP contribution in [0.1, 0.15) is 32.8 Å². The van der Waals surface area contributed by atoms with Crippen LogP contribution in [0.25, 0.3) is 0 Å². The van der Waals surface area contributed by atoms with Crippen molar-refractivity contribution in [1.82, 2.24) is 0 Å². The number of halogens is 2. The van der Waals surface area contributed by atoms with Crippen molar-refractivity contribution in [3.8, 4) is 0 Å². The Morgan fingerprint density at radius 3 is 1.78 bits per heavy atom. The lowest BCUT2D eigenvalue weighted by Gasteiger charge is -2.39. The van der Waals surface area contributed by atoms with Crippen LogP contribution in [-0.2, 0) is 5.04 Å². The van der Waals surface area contributed by atoms with Crippen LogP contribution in [0.2, 0.25) is 18.1 Å². The molecule has 1 aliphatic rings. The van der Waals surface area contributed by atoms with E-state index in [1.165, 1.54) is 23.7 Å². The van der Waals surface area contributed by atoms with E-state index in [-0.39, 0.29) is 5.04 Å². The van der Waals surface area contributed by atoms with E-state index in [2.05, 4.69) is 51.1 Å². The van der Waals surface area contributed by atoms with Gasteiger partial charge in [0.15, 0.2) is 0 Å². The first-order valence-corrected chi connectivity index (χ1v) is 10.3. The highest BCUT2D eigenvalue weighted by Crippen LogP contribution is 2.70. The Hall–Kier alpha value is 0.0169. The largest absolute Gasteiger partial charge is 0.126 e. The van der Waals surface area contributed by atoms with Crippen LogP contribution in [0, 0.1) is 0 Å². The summed E-state index contributed by atoms with van der Waals surface area (Å²) in [6.07, 6.45) is 0.939. The Balaban J connectivity index is 2.54. The third-order valence-corrected chi connectivity index (χ3v) is 13.2. The lowest BCUT2D eigenvalue weighted by atomic mass is 10.1. The Bertz CT molecular complexity index is 403. The monoisotopic (exact) mass is 300 g/mol. The second-order valence-electron chi connectivity index (χ2n) is 5.49. The third-order valence-electron chi connectivity index (χ3n) is 5.19. The molecule has 0 aliphatic heterocycles. The van der Waals surface area contributed by atoms with Gasteiger partial charge in [0.25, 0.3) is 0 Å². The molecule has 1 unspecified atom stereocenters. The first kappa shape index (κ1) is 14.4. The molecule has 0 bridgehead atoms. The topological polar surface area (TPSA) is 0 Å². The summed E-state index contributed by atoms with van der Waals surface area (Å²) in [4.78, 5) is 0. The summed E-state index contributed by atoms with van der Waals surface area (Å²) in [5.41, 5.74) is 1.37. The van der Waals surface area contributed by atoms with Crippen molar-refractivity contribution in [2.45, 2.75) is 54.7 Å². The van der Waals surface area contributed by atoms with Gasteiger partial charge in [0.2, 0.25) is 0 Å². The molecule has 0 heterocycles. The molecule has 1 atom stereocenters. The Morgan fingerprint density at radius 1 is 1.00 bits per heavy atom. The summed E-state index contributed by atoms with van der Waals surface area (Å²) in [6, 6.07) is 14.5. The summed E-state index contributed by atoms with van der Waals surface area (Å²) in [6.45, 7) is 6.98. The van der Waals surface area contributed by atoms with Gasteiger partial charge in [-0.25, -0.2) is 0 Å². The van der Waals surface area contributed by atoms with Gasteiger partial charge in [0.05, 0.1) is 8.07 Å². The molecule has 0 radical (unpaired) electrons. The molecule has 2 rings (SSSR count). The fourth-order valence-corrected chi connectivity index (χ4v) is 11.4. The minimum atomic E-state index is -1.47. The maximum absolute atomic E-state index is 6.62. The zero-order valence-corrected chi connectivity index (χ0v) is 14.0. The molecule has 0 N–H and O–H groups in total. The molecule has 0 saturated heterocycles. The van der Waals surface area contributed by atoms with Gasteiger partial charge in [0.1, 0.15) is 4.33 Å². The summed E-state index contributed by atoms with van der Waals surface area (Å²) in [5.74, 6) is 0. The van der Waals surface area contributed by atoms with E-state index in [1.807, 2.05) is 0 Å². The van der Waals surface area contributed by atoms with Crippen LogP contribution < -0.4 is 0 Å². The van der Waals surface area contributed by atoms with Gasteiger partial charge < -0.3 is 0 Å². The third kappa shape index (κ3) is 1.78. The molecule has 1 saturated carbocycles. The first-order chi connectivity index (χ1) is 8.49. The number of hydrogen-bond donors (Lipinski definition) is 0. The zero-order chi connectivity index (χ0) is 13.4. The second-order valence-corrected chi connectivity index (χ2v) is 12.5. The highest BCUT2D eigenvalue weighted by atomic mass is 35.5. The van der Waals surface area contributed by atoms with E-state index < -0.39 is 12.4 Å². The minimum Gasteiger partial charge on any atom is -0.101 e. The second kappa shape index (κ2) is 4.85. The van der Waals surface area contributed by atoms with Gasteiger partial charge in [-0.1, -0.05) is 69.2 Å². The minimum absolute atomic E-state index is 0.0720. The molecule has 0 aromatic heterocycles. The van der Waals surface area contributed by atoms with Crippen molar-refractivity contribution in [1.29, 1.82) is 0 Å². The van der Waals surface area contributed by atoms with E-state index >= 15 is 0 Å². The smallest absolute Gasteiger partial charge is 0.101 e.